The second-order valence-corrected chi connectivity index (χ2v) is 13.9. The van der Waals surface area contributed by atoms with Gasteiger partial charge in [0.1, 0.15) is 22.9 Å². The number of nitrogens with zero attached hydrogens (tertiary/aromatic N) is 7. The Kier molecular flexibility index (Phi) is 7.14. The number of likely N-dealkylation sites (N-methyl/N-ethyl adjacent to an activating group) is 1. The third kappa shape index (κ3) is 4.70. The van der Waals surface area contributed by atoms with Crippen LogP contribution in [0.1, 0.15) is 72.8 Å². The summed E-state index contributed by atoms with van der Waals surface area (Å²) >= 11 is 1.54. The number of nitriles is 1. The highest BCUT2D eigenvalue weighted by Crippen LogP contribution is 2.55. The molecule has 5 heterocycles. The summed E-state index contributed by atoms with van der Waals surface area (Å²) in [5.74, 6) is 1.77. The number of aryl methyl sites for hydroxylation is 1. The van der Waals surface area contributed by atoms with Crippen LogP contribution in [-0.4, -0.2) is 55.5 Å². The van der Waals surface area contributed by atoms with E-state index in [0.29, 0.717) is 45.4 Å². The minimum atomic E-state index is -0.418. The average Bonchev–Trinajstić information content (AvgIpc) is 3.87. The number of benzene rings is 1. The summed E-state index contributed by atoms with van der Waals surface area (Å²) in [6.07, 6.45) is 9.58. The molecule has 1 fully saturated rings. The standard InChI is InChI=1S/C35H36N8O2S/c1-21(27-12-8-17-42(27)2)44-29-19-26(25-14-18-43(40-25)22-9-4-3-5-10-22)38-34(39-29)31-23-11-6-15-35(32(23)45-41-31)16-7-13-28-30(35)24(20-36)33(37)46-28/h3-5,9-10,14,18-19,21,27H,6-8,11-13,15-17,37H2,1-2H3/t21-,27-,35-/m0/s1. The van der Waals surface area contributed by atoms with Crippen molar-refractivity contribution in [3.05, 3.63) is 76.0 Å². The van der Waals surface area contributed by atoms with Crippen molar-refractivity contribution in [3.63, 3.8) is 0 Å². The van der Waals surface area contributed by atoms with Crippen LogP contribution >= 0.6 is 11.3 Å². The number of nitrogens with two attached hydrogens (primary N) is 1. The maximum atomic E-state index is 10.1. The van der Waals surface area contributed by atoms with E-state index in [1.165, 1.54) is 4.88 Å². The molecule has 0 saturated carbocycles. The Morgan fingerprint density at radius 1 is 1.11 bits per heavy atom. The largest absolute Gasteiger partial charge is 0.473 e. The van der Waals surface area contributed by atoms with E-state index in [1.54, 1.807) is 11.3 Å². The number of nitrogen functional groups attached to an aromatic ring is 1. The summed E-state index contributed by atoms with van der Waals surface area (Å²) in [6.45, 7) is 3.17. The number of thiophene rings is 1. The Morgan fingerprint density at radius 3 is 2.72 bits per heavy atom. The van der Waals surface area contributed by atoms with E-state index >= 15 is 0 Å². The Bertz CT molecular complexity index is 1950. The monoisotopic (exact) mass is 632 g/mol. The molecule has 1 aliphatic heterocycles. The molecule has 4 aromatic heterocycles. The Hall–Kier alpha value is -4.53. The maximum Gasteiger partial charge on any atom is 0.217 e. The summed E-state index contributed by atoms with van der Waals surface area (Å²) in [5, 5.41) is 20.2. The lowest BCUT2D eigenvalue weighted by Gasteiger charge is -2.39. The molecule has 234 valence electrons. The van der Waals surface area contributed by atoms with Gasteiger partial charge < -0.3 is 15.0 Å². The van der Waals surface area contributed by atoms with Crippen molar-refractivity contribution in [1.29, 1.82) is 5.26 Å². The van der Waals surface area contributed by atoms with Crippen LogP contribution in [0, 0.1) is 11.3 Å². The number of rotatable bonds is 6. The first-order chi connectivity index (χ1) is 22.4. The minimum absolute atomic E-state index is 0.0615. The van der Waals surface area contributed by atoms with Crippen molar-refractivity contribution in [1.82, 2.24) is 29.8 Å². The van der Waals surface area contributed by atoms with Gasteiger partial charge in [-0.15, -0.1) is 11.3 Å². The first-order valence-corrected chi connectivity index (χ1v) is 17.0. The van der Waals surface area contributed by atoms with Gasteiger partial charge in [0.15, 0.2) is 17.3 Å². The molecule has 8 rings (SSSR count). The van der Waals surface area contributed by atoms with Crippen LogP contribution in [0.2, 0.25) is 0 Å². The number of fused-ring (bicyclic) bond motifs is 4. The Morgan fingerprint density at radius 2 is 1.93 bits per heavy atom. The second-order valence-electron chi connectivity index (χ2n) is 12.8. The van der Waals surface area contributed by atoms with Crippen LogP contribution in [-0.2, 0) is 18.3 Å². The predicted octanol–water partition coefficient (Wildman–Crippen LogP) is 6.32. The number of anilines is 1. The van der Waals surface area contributed by atoms with Crippen molar-refractivity contribution < 1.29 is 9.26 Å². The van der Waals surface area contributed by atoms with Crippen molar-refractivity contribution in [2.75, 3.05) is 19.3 Å². The first-order valence-electron chi connectivity index (χ1n) is 16.1. The summed E-state index contributed by atoms with van der Waals surface area (Å²) in [4.78, 5) is 13.5. The van der Waals surface area contributed by atoms with Crippen molar-refractivity contribution >= 4 is 16.3 Å². The molecule has 0 unspecified atom stereocenters. The molecular weight excluding hydrogens is 597 g/mol. The Balaban J connectivity index is 1.23. The number of likely N-dealkylation sites (tertiary alicyclic amines) is 1. The third-order valence-corrected chi connectivity index (χ3v) is 11.2. The highest BCUT2D eigenvalue weighted by molar-refractivity contribution is 7.16. The molecule has 0 amide bonds. The smallest absolute Gasteiger partial charge is 0.217 e. The van der Waals surface area contributed by atoms with E-state index in [4.69, 9.17) is 30.1 Å². The highest BCUT2D eigenvalue weighted by Gasteiger charge is 2.48. The molecule has 0 bridgehead atoms. The fourth-order valence-corrected chi connectivity index (χ4v) is 9.08. The van der Waals surface area contributed by atoms with E-state index in [1.807, 2.05) is 53.3 Å². The fraction of sp³-hybridized carbons (Fsp3) is 0.400. The minimum Gasteiger partial charge on any atom is -0.473 e. The summed E-state index contributed by atoms with van der Waals surface area (Å²) in [5.41, 5.74) is 11.6. The molecule has 2 N–H and O–H groups in total. The third-order valence-electron chi connectivity index (χ3n) is 10.1. The molecule has 0 radical (unpaired) electrons. The van der Waals surface area contributed by atoms with Crippen LogP contribution < -0.4 is 10.5 Å². The molecule has 1 aromatic carbocycles. The molecule has 10 nitrogen and oxygen atoms in total. The van der Waals surface area contributed by atoms with E-state index < -0.39 is 5.41 Å². The number of para-hydroxylation sites is 1. The molecule has 46 heavy (non-hydrogen) atoms. The summed E-state index contributed by atoms with van der Waals surface area (Å²) in [6, 6.07) is 16.6. The lowest BCUT2D eigenvalue weighted by atomic mass is 9.63. The second kappa shape index (κ2) is 11.4. The van der Waals surface area contributed by atoms with Crippen LogP contribution in [0.3, 0.4) is 0 Å². The maximum absolute atomic E-state index is 10.1. The van der Waals surface area contributed by atoms with Gasteiger partial charge in [0.05, 0.1) is 22.4 Å². The lowest BCUT2D eigenvalue weighted by molar-refractivity contribution is 0.117. The fourth-order valence-electron chi connectivity index (χ4n) is 7.92. The van der Waals surface area contributed by atoms with Gasteiger partial charge in [0, 0.05) is 28.7 Å². The number of hydrogen-bond acceptors (Lipinski definition) is 10. The van der Waals surface area contributed by atoms with Crippen molar-refractivity contribution in [2.24, 2.45) is 0 Å². The van der Waals surface area contributed by atoms with Crippen molar-refractivity contribution in [2.45, 2.75) is 75.9 Å². The average molecular weight is 633 g/mol. The van der Waals surface area contributed by atoms with Gasteiger partial charge in [-0.25, -0.2) is 9.67 Å². The van der Waals surface area contributed by atoms with Gasteiger partial charge in [-0.1, -0.05) is 23.4 Å². The normalized spacial score (nSPS) is 21.5. The predicted molar refractivity (Wildman–Crippen MR) is 176 cm³/mol. The van der Waals surface area contributed by atoms with Gasteiger partial charge in [-0.2, -0.15) is 15.3 Å². The quantitative estimate of drug-likeness (QED) is 0.228. The van der Waals surface area contributed by atoms with Gasteiger partial charge >= 0.3 is 0 Å². The van der Waals surface area contributed by atoms with Crippen LogP contribution in [0.5, 0.6) is 5.88 Å². The van der Waals surface area contributed by atoms with E-state index in [2.05, 4.69) is 30.1 Å². The van der Waals surface area contributed by atoms with Crippen molar-refractivity contribution in [3.8, 4) is 40.5 Å². The SMILES string of the molecule is C[C@H](Oc1cc(-c2ccn(-c3ccccc3)n2)nc(-c2noc3c2CCC[C@@]32CCCc3sc(N)c(C#N)c32)n1)[C@@H]1CCCN1C. The van der Waals surface area contributed by atoms with E-state index in [0.717, 1.165) is 80.5 Å². The van der Waals surface area contributed by atoms with E-state index in [-0.39, 0.29) is 6.10 Å². The highest BCUT2D eigenvalue weighted by atomic mass is 32.1. The topological polar surface area (TPSA) is 132 Å². The molecular formula is C35H36N8O2S. The Labute approximate surface area is 271 Å². The van der Waals surface area contributed by atoms with Crippen LogP contribution in [0.15, 0.2) is 53.2 Å². The van der Waals surface area contributed by atoms with Gasteiger partial charge in [-0.05, 0) is 95.6 Å². The zero-order valence-corrected chi connectivity index (χ0v) is 26.9. The molecule has 3 aliphatic rings. The zero-order chi connectivity index (χ0) is 31.4. The summed E-state index contributed by atoms with van der Waals surface area (Å²) in [7, 11) is 2.15. The summed E-state index contributed by atoms with van der Waals surface area (Å²) < 4.78 is 14.7. The molecule has 1 spiro atoms. The number of ether oxygens (including phenoxy) is 1. The molecule has 1 saturated heterocycles. The first kappa shape index (κ1) is 28.9. The van der Waals surface area contributed by atoms with Crippen LogP contribution in [0.4, 0.5) is 5.00 Å². The number of hydrogen-bond donors (Lipinski definition) is 1. The molecule has 11 heteroatoms. The van der Waals surface area contributed by atoms with Crippen LogP contribution in [0.25, 0.3) is 28.6 Å². The molecule has 5 aromatic rings. The molecule has 2 aliphatic carbocycles. The zero-order valence-electron chi connectivity index (χ0n) is 26.1. The molecule has 3 atom stereocenters. The van der Waals surface area contributed by atoms with E-state index in [9.17, 15) is 5.26 Å². The van der Waals surface area contributed by atoms with Gasteiger partial charge in [-0.3, -0.25) is 4.90 Å². The lowest BCUT2D eigenvalue weighted by Crippen LogP contribution is -2.38. The number of aromatic nitrogens is 5. The van der Waals surface area contributed by atoms with Gasteiger partial charge in [0.2, 0.25) is 5.88 Å². The van der Waals surface area contributed by atoms with Gasteiger partial charge in [0.25, 0.3) is 0 Å².